The van der Waals surface area contributed by atoms with Gasteiger partial charge in [-0.15, -0.1) is 5.10 Å². The van der Waals surface area contributed by atoms with E-state index in [-0.39, 0.29) is 11.3 Å². The lowest BCUT2D eigenvalue weighted by atomic mass is 9.87. The SMILES string of the molecule is CC(C)c1c(C#N)nnn1CCOc1ccc(C(C)(C)C)cc1. The van der Waals surface area contributed by atoms with Gasteiger partial charge in [-0.05, 0) is 29.0 Å². The van der Waals surface area contributed by atoms with Crippen molar-refractivity contribution in [3.8, 4) is 11.8 Å². The van der Waals surface area contributed by atoms with Gasteiger partial charge in [-0.25, -0.2) is 4.68 Å². The third kappa shape index (κ3) is 4.10. The molecule has 0 bridgehead atoms. The first kappa shape index (κ1) is 17.0. The lowest BCUT2D eigenvalue weighted by Crippen LogP contribution is -2.14. The molecule has 0 saturated carbocycles. The van der Waals surface area contributed by atoms with Gasteiger partial charge in [0, 0.05) is 0 Å². The molecule has 0 saturated heterocycles. The number of benzene rings is 1. The minimum atomic E-state index is 0.138. The van der Waals surface area contributed by atoms with Crippen LogP contribution in [0.4, 0.5) is 0 Å². The van der Waals surface area contributed by atoms with Crippen LogP contribution in [0.25, 0.3) is 0 Å². The summed E-state index contributed by atoms with van der Waals surface area (Å²) in [5, 5.41) is 17.0. The summed E-state index contributed by atoms with van der Waals surface area (Å²) in [6, 6.07) is 10.3. The first-order valence-electron chi connectivity index (χ1n) is 7.89. The Morgan fingerprint density at radius 2 is 1.87 bits per heavy atom. The van der Waals surface area contributed by atoms with Crippen LogP contribution >= 0.6 is 0 Å². The summed E-state index contributed by atoms with van der Waals surface area (Å²) < 4.78 is 7.54. The monoisotopic (exact) mass is 312 g/mol. The minimum Gasteiger partial charge on any atom is -0.492 e. The van der Waals surface area contributed by atoms with Crippen molar-refractivity contribution in [1.29, 1.82) is 5.26 Å². The zero-order valence-electron chi connectivity index (χ0n) is 14.5. The van der Waals surface area contributed by atoms with Gasteiger partial charge in [0.25, 0.3) is 0 Å². The molecule has 5 nitrogen and oxygen atoms in total. The van der Waals surface area contributed by atoms with Gasteiger partial charge in [0.1, 0.15) is 18.4 Å². The maximum Gasteiger partial charge on any atom is 0.186 e. The van der Waals surface area contributed by atoms with E-state index in [1.165, 1.54) is 5.56 Å². The molecule has 1 aromatic heterocycles. The standard InChI is InChI=1S/C18H24N4O/c1-13(2)17-16(12-19)20-21-22(17)10-11-23-15-8-6-14(7-9-15)18(3,4)5/h6-9,13H,10-11H2,1-5H3. The third-order valence-corrected chi connectivity index (χ3v) is 3.72. The van der Waals surface area contributed by atoms with E-state index < -0.39 is 0 Å². The summed E-state index contributed by atoms with van der Waals surface area (Å²) in [7, 11) is 0. The van der Waals surface area contributed by atoms with Gasteiger partial charge < -0.3 is 4.74 Å². The van der Waals surface area contributed by atoms with E-state index in [4.69, 9.17) is 10.00 Å². The van der Waals surface area contributed by atoms with E-state index in [0.717, 1.165) is 11.4 Å². The molecule has 0 aliphatic rings. The maximum atomic E-state index is 9.08. The Morgan fingerprint density at radius 3 is 2.39 bits per heavy atom. The Balaban J connectivity index is 1.98. The second-order valence-electron chi connectivity index (χ2n) is 6.94. The van der Waals surface area contributed by atoms with Crippen molar-refractivity contribution in [3.05, 3.63) is 41.2 Å². The summed E-state index contributed by atoms with van der Waals surface area (Å²) in [6.45, 7) is 11.7. The van der Waals surface area contributed by atoms with E-state index in [2.05, 4.69) is 49.3 Å². The molecule has 1 aromatic carbocycles. The predicted molar refractivity (Wildman–Crippen MR) is 89.5 cm³/mol. The van der Waals surface area contributed by atoms with Crippen LogP contribution in [0.15, 0.2) is 24.3 Å². The number of nitriles is 1. The summed E-state index contributed by atoms with van der Waals surface area (Å²) in [4.78, 5) is 0. The molecule has 23 heavy (non-hydrogen) atoms. The van der Waals surface area contributed by atoms with Gasteiger partial charge in [0.15, 0.2) is 5.69 Å². The van der Waals surface area contributed by atoms with E-state index >= 15 is 0 Å². The van der Waals surface area contributed by atoms with Gasteiger partial charge in [0.2, 0.25) is 0 Å². The van der Waals surface area contributed by atoms with E-state index in [0.29, 0.717) is 18.8 Å². The summed E-state index contributed by atoms with van der Waals surface area (Å²) in [5.41, 5.74) is 2.68. The highest BCUT2D eigenvalue weighted by Gasteiger charge is 2.16. The maximum absolute atomic E-state index is 9.08. The molecule has 0 N–H and O–H groups in total. The number of nitrogens with zero attached hydrogens (tertiary/aromatic N) is 4. The molecule has 1 heterocycles. The van der Waals surface area contributed by atoms with Crippen molar-refractivity contribution in [3.63, 3.8) is 0 Å². The topological polar surface area (TPSA) is 63.7 Å². The average molecular weight is 312 g/mol. The Morgan fingerprint density at radius 1 is 1.22 bits per heavy atom. The molecule has 0 radical (unpaired) electrons. The largest absolute Gasteiger partial charge is 0.492 e. The number of hydrogen-bond acceptors (Lipinski definition) is 4. The summed E-state index contributed by atoms with van der Waals surface area (Å²) in [6.07, 6.45) is 0. The van der Waals surface area contributed by atoms with Crippen molar-refractivity contribution < 1.29 is 4.74 Å². The average Bonchev–Trinajstić information content (AvgIpc) is 2.90. The Labute approximate surface area is 137 Å². The van der Waals surface area contributed by atoms with Crippen LogP contribution in [0.1, 0.15) is 57.5 Å². The minimum absolute atomic E-state index is 0.138. The molecule has 5 heteroatoms. The van der Waals surface area contributed by atoms with Crippen molar-refractivity contribution in [2.45, 2.75) is 52.5 Å². The van der Waals surface area contributed by atoms with Crippen molar-refractivity contribution in [2.24, 2.45) is 0 Å². The fourth-order valence-corrected chi connectivity index (χ4v) is 2.44. The fourth-order valence-electron chi connectivity index (χ4n) is 2.44. The molecular formula is C18H24N4O. The molecule has 122 valence electrons. The molecule has 0 spiro atoms. The highest BCUT2D eigenvalue weighted by molar-refractivity contribution is 5.31. The van der Waals surface area contributed by atoms with Gasteiger partial charge in [-0.1, -0.05) is 52.0 Å². The molecule has 0 amide bonds. The van der Waals surface area contributed by atoms with Gasteiger partial charge in [-0.2, -0.15) is 5.26 Å². The molecule has 0 atom stereocenters. The lowest BCUT2D eigenvalue weighted by molar-refractivity contribution is 0.286. The van der Waals surface area contributed by atoms with E-state index in [1.807, 2.05) is 26.0 Å². The Bertz CT molecular complexity index is 687. The molecule has 2 aromatic rings. The molecule has 0 fully saturated rings. The first-order chi connectivity index (χ1) is 10.8. The molecule has 2 rings (SSSR count). The summed E-state index contributed by atoms with van der Waals surface area (Å²) in [5.74, 6) is 1.04. The van der Waals surface area contributed by atoms with Crippen molar-refractivity contribution in [2.75, 3.05) is 6.61 Å². The van der Waals surface area contributed by atoms with E-state index in [9.17, 15) is 0 Å². The molecule has 0 aliphatic heterocycles. The normalized spacial score (nSPS) is 11.5. The number of aromatic nitrogens is 3. The number of hydrogen-bond donors (Lipinski definition) is 0. The molecule has 0 unspecified atom stereocenters. The quantitative estimate of drug-likeness (QED) is 0.845. The number of ether oxygens (including phenoxy) is 1. The van der Waals surface area contributed by atoms with Gasteiger partial charge >= 0.3 is 0 Å². The van der Waals surface area contributed by atoms with E-state index in [1.54, 1.807) is 4.68 Å². The predicted octanol–water partition coefficient (Wildman–Crippen LogP) is 3.65. The lowest BCUT2D eigenvalue weighted by Gasteiger charge is -2.19. The zero-order valence-corrected chi connectivity index (χ0v) is 14.5. The van der Waals surface area contributed by atoms with Crippen LogP contribution in [0, 0.1) is 11.3 Å². The second kappa shape index (κ2) is 6.82. The Hall–Kier alpha value is -2.35. The van der Waals surface area contributed by atoms with Crippen LogP contribution in [0.2, 0.25) is 0 Å². The third-order valence-electron chi connectivity index (χ3n) is 3.72. The second-order valence-corrected chi connectivity index (χ2v) is 6.94. The van der Waals surface area contributed by atoms with Crippen molar-refractivity contribution >= 4 is 0 Å². The van der Waals surface area contributed by atoms with Crippen LogP contribution in [-0.4, -0.2) is 21.6 Å². The van der Waals surface area contributed by atoms with Crippen LogP contribution in [-0.2, 0) is 12.0 Å². The van der Waals surface area contributed by atoms with Crippen LogP contribution < -0.4 is 4.74 Å². The zero-order chi connectivity index (χ0) is 17.0. The Kier molecular flexibility index (Phi) is 5.05. The molecular weight excluding hydrogens is 288 g/mol. The highest BCUT2D eigenvalue weighted by atomic mass is 16.5. The van der Waals surface area contributed by atoms with Crippen LogP contribution in [0.5, 0.6) is 5.75 Å². The van der Waals surface area contributed by atoms with Gasteiger partial charge in [-0.3, -0.25) is 0 Å². The molecule has 0 aliphatic carbocycles. The first-order valence-corrected chi connectivity index (χ1v) is 7.89. The highest BCUT2D eigenvalue weighted by Crippen LogP contribution is 2.24. The number of rotatable bonds is 5. The summed E-state index contributed by atoms with van der Waals surface area (Å²) >= 11 is 0. The van der Waals surface area contributed by atoms with Crippen LogP contribution in [0.3, 0.4) is 0 Å². The van der Waals surface area contributed by atoms with Gasteiger partial charge in [0.05, 0.1) is 12.2 Å². The fraction of sp³-hybridized carbons (Fsp3) is 0.500. The van der Waals surface area contributed by atoms with Crippen molar-refractivity contribution in [1.82, 2.24) is 15.0 Å². The smallest absolute Gasteiger partial charge is 0.186 e.